The number of amides is 3. The largest absolute Gasteiger partial charge is 0.350 e. The Bertz CT molecular complexity index is 1030. The summed E-state index contributed by atoms with van der Waals surface area (Å²) in [7, 11) is 0. The molecule has 0 fully saturated rings. The molecule has 156 valence electrons. The van der Waals surface area contributed by atoms with E-state index in [1.807, 2.05) is 0 Å². The number of carbonyl (C=O) groups is 3. The quantitative estimate of drug-likeness (QED) is 0.460. The van der Waals surface area contributed by atoms with Crippen molar-refractivity contribution in [1.29, 1.82) is 0 Å². The molecule has 1 aliphatic rings. The predicted octanol–water partition coefficient (Wildman–Crippen LogP) is 2.86. The topological polar surface area (TPSA) is 110 Å². The van der Waals surface area contributed by atoms with Gasteiger partial charge in [-0.2, -0.15) is 4.39 Å². The number of fused-ring (bicyclic) bond motifs is 1. The predicted molar refractivity (Wildman–Crippen MR) is 105 cm³/mol. The van der Waals surface area contributed by atoms with Gasteiger partial charge in [0.1, 0.15) is 6.04 Å². The third kappa shape index (κ3) is 4.05. The number of hydrogen-bond donors (Lipinski definition) is 1. The van der Waals surface area contributed by atoms with Crippen molar-refractivity contribution in [2.45, 2.75) is 38.8 Å². The van der Waals surface area contributed by atoms with Gasteiger partial charge in [0.2, 0.25) is 11.7 Å². The zero-order valence-corrected chi connectivity index (χ0v) is 16.6. The minimum absolute atomic E-state index is 0.182. The second kappa shape index (κ2) is 7.66. The summed E-state index contributed by atoms with van der Waals surface area (Å²) in [4.78, 5) is 49.9. The summed E-state index contributed by atoms with van der Waals surface area (Å²) in [5, 5.41) is 13.8. The number of imide groups is 1. The zero-order valence-electron chi connectivity index (χ0n) is 16.6. The van der Waals surface area contributed by atoms with Crippen LogP contribution in [0.25, 0.3) is 0 Å². The van der Waals surface area contributed by atoms with E-state index in [1.165, 1.54) is 18.2 Å². The summed E-state index contributed by atoms with van der Waals surface area (Å²) in [5.41, 5.74) is -0.788. The highest BCUT2D eigenvalue weighted by molar-refractivity contribution is 6.22. The highest BCUT2D eigenvalue weighted by Gasteiger charge is 2.43. The number of halogens is 1. The first-order chi connectivity index (χ1) is 14.0. The molecule has 2 aromatic carbocycles. The van der Waals surface area contributed by atoms with Crippen LogP contribution in [0, 0.1) is 15.9 Å². The molecule has 0 aromatic heterocycles. The van der Waals surface area contributed by atoms with E-state index in [1.54, 1.807) is 32.9 Å². The number of nitro benzene ring substituents is 1. The first kappa shape index (κ1) is 21.1. The Morgan fingerprint density at radius 2 is 1.70 bits per heavy atom. The van der Waals surface area contributed by atoms with Crippen molar-refractivity contribution in [3.8, 4) is 0 Å². The lowest BCUT2D eigenvalue weighted by atomic mass is 10.0. The lowest BCUT2D eigenvalue weighted by Crippen LogP contribution is -2.54. The molecule has 3 rings (SSSR count). The van der Waals surface area contributed by atoms with Crippen molar-refractivity contribution in [3.63, 3.8) is 0 Å². The average Bonchev–Trinajstić information content (AvgIpc) is 2.90. The van der Waals surface area contributed by atoms with Crippen LogP contribution in [0.3, 0.4) is 0 Å². The van der Waals surface area contributed by atoms with E-state index < -0.39 is 45.7 Å². The Hall–Kier alpha value is -3.62. The molecule has 8 nitrogen and oxygen atoms in total. The van der Waals surface area contributed by atoms with Gasteiger partial charge in [0.25, 0.3) is 11.8 Å². The number of nitrogens with zero attached hydrogens (tertiary/aromatic N) is 2. The van der Waals surface area contributed by atoms with Crippen LogP contribution in [-0.2, 0) is 11.2 Å². The van der Waals surface area contributed by atoms with E-state index in [4.69, 9.17) is 0 Å². The first-order valence-electron chi connectivity index (χ1n) is 9.21. The van der Waals surface area contributed by atoms with Crippen LogP contribution < -0.4 is 5.32 Å². The number of carbonyl (C=O) groups excluding carboxylic acids is 3. The number of hydrogen-bond acceptors (Lipinski definition) is 5. The van der Waals surface area contributed by atoms with Crippen molar-refractivity contribution in [2.75, 3.05) is 0 Å². The monoisotopic (exact) mass is 413 g/mol. The standard InChI is InChI=1S/C21H20FN3O5/c1-21(2,3)23-18(26)17(11-12-8-9-15(22)16(10-12)25(29)30)24-19(27)13-6-4-5-7-14(13)20(24)28/h4-10,17H,11H2,1-3H3,(H,23,26)/t17-/m0/s1. The van der Waals surface area contributed by atoms with Crippen molar-refractivity contribution in [2.24, 2.45) is 0 Å². The molecular formula is C21H20FN3O5. The van der Waals surface area contributed by atoms with E-state index >= 15 is 0 Å². The molecule has 0 bridgehead atoms. The average molecular weight is 413 g/mol. The fourth-order valence-corrected chi connectivity index (χ4v) is 3.29. The van der Waals surface area contributed by atoms with Gasteiger partial charge in [-0.05, 0) is 44.5 Å². The van der Waals surface area contributed by atoms with Crippen LogP contribution in [0.15, 0.2) is 42.5 Å². The van der Waals surface area contributed by atoms with Crippen molar-refractivity contribution < 1.29 is 23.7 Å². The maximum Gasteiger partial charge on any atom is 0.305 e. The van der Waals surface area contributed by atoms with Crippen LogP contribution >= 0.6 is 0 Å². The number of benzene rings is 2. The lowest BCUT2D eigenvalue weighted by molar-refractivity contribution is -0.387. The summed E-state index contributed by atoms with van der Waals surface area (Å²) < 4.78 is 13.7. The van der Waals surface area contributed by atoms with Crippen LogP contribution in [0.2, 0.25) is 0 Å². The molecule has 1 N–H and O–H groups in total. The molecule has 1 aliphatic heterocycles. The Morgan fingerprint density at radius 3 is 2.20 bits per heavy atom. The first-order valence-corrected chi connectivity index (χ1v) is 9.21. The van der Waals surface area contributed by atoms with Gasteiger partial charge >= 0.3 is 5.69 Å². The molecule has 30 heavy (non-hydrogen) atoms. The number of rotatable bonds is 5. The molecule has 0 radical (unpaired) electrons. The Morgan fingerprint density at radius 1 is 1.13 bits per heavy atom. The summed E-state index contributed by atoms with van der Waals surface area (Å²) in [6.45, 7) is 5.23. The molecule has 0 spiro atoms. The molecule has 9 heteroatoms. The Balaban J connectivity index is 2.01. The molecule has 3 amide bonds. The molecular weight excluding hydrogens is 393 g/mol. The molecule has 0 aliphatic carbocycles. The third-order valence-corrected chi connectivity index (χ3v) is 4.57. The molecule has 1 heterocycles. The van der Waals surface area contributed by atoms with Gasteiger partial charge in [0, 0.05) is 18.0 Å². The van der Waals surface area contributed by atoms with E-state index in [9.17, 15) is 28.9 Å². The van der Waals surface area contributed by atoms with E-state index in [2.05, 4.69) is 5.32 Å². The molecule has 1 atom stereocenters. The molecule has 0 unspecified atom stereocenters. The second-order valence-electron chi connectivity index (χ2n) is 8.03. The van der Waals surface area contributed by atoms with Crippen LogP contribution in [-0.4, -0.2) is 39.1 Å². The summed E-state index contributed by atoms with van der Waals surface area (Å²) in [6.07, 6.45) is -0.200. The summed E-state index contributed by atoms with van der Waals surface area (Å²) in [6, 6.07) is 8.18. The highest BCUT2D eigenvalue weighted by atomic mass is 19.1. The second-order valence-corrected chi connectivity index (χ2v) is 8.03. The minimum atomic E-state index is -1.26. The fourth-order valence-electron chi connectivity index (χ4n) is 3.29. The summed E-state index contributed by atoms with van der Waals surface area (Å²) in [5.74, 6) is -2.85. The van der Waals surface area contributed by atoms with Gasteiger partial charge < -0.3 is 5.32 Å². The van der Waals surface area contributed by atoms with Crippen molar-refractivity contribution in [3.05, 3.63) is 75.1 Å². The normalized spacial score (nSPS) is 14.5. The summed E-state index contributed by atoms with van der Waals surface area (Å²) >= 11 is 0. The van der Waals surface area contributed by atoms with Gasteiger partial charge in [-0.3, -0.25) is 29.4 Å². The zero-order chi connectivity index (χ0) is 22.2. The van der Waals surface area contributed by atoms with Gasteiger partial charge in [-0.1, -0.05) is 18.2 Å². The maximum absolute atomic E-state index is 13.7. The van der Waals surface area contributed by atoms with Gasteiger partial charge in [-0.25, -0.2) is 0 Å². The van der Waals surface area contributed by atoms with Crippen molar-refractivity contribution >= 4 is 23.4 Å². The number of nitrogens with one attached hydrogen (secondary N) is 1. The van der Waals surface area contributed by atoms with E-state index in [0.29, 0.717) is 0 Å². The van der Waals surface area contributed by atoms with E-state index in [-0.39, 0.29) is 23.1 Å². The molecule has 0 saturated heterocycles. The van der Waals surface area contributed by atoms with Crippen LogP contribution in [0.4, 0.5) is 10.1 Å². The lowest BCUT2D eigenvalue weighted by Gasteiger charge is -2.29. The smallest absolute Gasteiger partial charge is 0.305 e. The van der Waals surface area contributed by atoms with Gasteiger partial charge in [-0.15, -0.1) is 0 Å². The van der Waals surface area contributed by atoms with Crippen LogP contribution in [0.1, 0.15) is 47.1 Å². The van der Waals surface area contributed by atoms with Crippen molar-refractivity contribution in [1.82, 2.24) is 10.2 Å². The van der Waals surface area contributed by atoms with E-state index in [0.717, 1.165) is 17.0 Å². The Labute approximate surface area is 171 Å². The molecule has 0 saturated carbocycles. The maximum atomic E-state index is 13.7. The van der Waals surface area contributed by atoms with Gasteiger partial charge in [0.15, 0.2) is 0 Å². The Kier molecular flexibility index (Phi) is 5.39. The fraction of sp³-hybridized carbons (Fsp3) is 0.286. The highest BCUT2D eigenvalue weighted by Crippen LogP contribution is 2.27. The third-order valence-electron chi connectivity index (χ3n) is 4.57. The van der Waals surface area contributed by atoms with Crippen LogP contribution in [0.5, 0.6) is 0 Å². The SMILES string of the molecule is CC(C)(C)NC(=O)[C@H](Cc1ccc(F)c([N+](=O)[O-])c1)N1C(=O)c2ccccc2C1=O. The number of nitro groups is 1. The minimum Gasteiger partial charge on any atom is -0.350 e. The van der Waals surface area contributed by atoms with Gasteiger partial charge in [0.05, 0.1) is 16.1 Å². The molecule has 2 aromatic rings.